The van der Waals surface area contributed by atoms with Crippen molar-refractivity contribution in [3.63, 3.8) is 0 Å². The van der Waals surface area contributed by atoms with Gasteiger partial charge in [0, 0.05) is 38.4 Å². The minimum absolute atomic E-state index is 0.217. The van der Waals surface area contributed by atoms with E-state index in [-0.39, 0.29) is 4.90 Å². The Bertz CT molecular complexity index is 901. The third kappa shape index (κ3) is 4.39. The lowest BCUT2D eigenvalue weighted by Crippen LogP contribution is -2.33. The highest BCUT2D eigenvalue weighted by molar-refractivity contribution is 7.89. The van der Waals surface area contributed by atoms with Gasteiger partial charge in [-0.1, -0.05) is 19.3 Å². The van der Waals surface area contributed by atoms with Gasteiger partial charge in [0.25, 0.3) is 0 Å². The Morgan fingerprint density at radius 1 is 1.14 bits per heavy atom. The van der Waals surface area contributed by atoms with Gasteiger partial charge < -0.3 is 15.2 Å². The molecule has 0 atom stereocenters. The van der Waals surface area contributed by atoms with Gasteiger partial charge in [0.15, 0.2) is 0 Å². The van der Waals surface area contributed by atoms with E-state index in [9.17, 15) is 8.42 Å². The van der Waals surface area contributed by atoms with E-state index < -0.39 is 10.0 Å². The van der Waals surface area contributed by atoms with Crippen molar-refractivity contribution >= 4 is 15.7 Å². The van der Waals surface area contributed by atoms with Gasteiger partial charge in [0.2, 0.25) is 10.0 Å². The molecule has 0 aliphatic heterocycles. The number of benzene rings is 1. The molecule has 1 aliphatic rings. The first kappa shape index (κ1) is 20.8. The van der Waals surface area contributed by atoms with E-state index in [2.05, 4.69) is 4.98 Å². The average Bonchev–Trinajstić information content (AvgIpc) is 3.16. The molecule has 7 nitrogen and oxygen atoms in total. The van der Waals surface area contributed by atoms with Crippen LogP contribution in [0.5, 0.6) is 0 Å². The molecule has 154 valence electrons. The van der Waals surface area contributed by atoms with Gasteiger partial charge in [0.1, 0.15) is 5.82 Å². The predicted octanol–water partition coefficient (Wildman–Crippen LogP) is 2.68. The quantitative estimate of drug-likeness (QED) is 0.716. The number of likely N-dealkylation sites (N-methyl/N-ethyl adjacent to an activating group) is 2. The molecule has 28 heavy (non-hydrogen) atoms. The second kappa shape index (κ2) is 8.63. The van der Waals surface area contributed by atoms with Crippen LogP contribution in [-0.4, -0.2) is 61.4 Å². The van der Waals surface area contributed by atoms with Crippen LogP contribution in [0.2, 0.25) is 0 Å². The molecule has 1 heterocycles. The van der Waals surface area contributed by atoms with Crippen molar-refractivity contribution in [1.82, 2.24) is 18.8 Å². The number of hydrogen-bond acceptors (Lipinski definition) is 5. The zero-order chi connectivity index (χ0) is 20.3. The molecular weight excluding hydrogens is 374 g/mol. The predicted molar refractivity (Wildman–Crippen MR) is 112 cm³/mol. The molecule has 1 aromatic heterocycles. The number of nitrogens with two attached hydrogens (primary N) is 1. The van der Waals surface area contributed by atoms with Gasteiger partial charge in [-0.05, 0) is 45.1 Å². The molecule has 1 aliphatic carbocycles. The van der Waals surface area contributed by atoms with Crippen LogP contribution >= 0.6 is 0 Å². The summed E-state index contributed by atoms with van der Waals surface area (Å²) in [5.74, 6) is 1.45. The molecule has 1 fully saturated rings. The average molecular weight is 406 g/mol. The van der Waals surface area contributed by atoms with Crippen molar-refractivity contribution in [2.75, 3.05) is 40.0 Å². The van der Waals surface area contributed by atoms with Crippen LogP contribution in [0, 0.1) is 0 Å². The van der Waals surface area contributed by atoms with E-state index in [0.717, 1.165) is 24.4 Å². The summed E-state index contributed by atoms with van der Waals surface area (Å²) >= 11 is 0. The van der Waals surface area contributed by atoms with Gasteiger partial charge >= 0.3 is 0 Å². The fourth-order valence-electron chi connectivity index (χ4n) is 3.73. The summed E-state index contributed by atoms with van der Waals surface area (Å²) in [7, 11) is 1.86. The summed E-state index contributed by atoms with van der Waals surface area (Å²) < 4.78 is 29.1. The molecule has 1 saturated carbocycles. The monoisotopic (exact) mass is 405 g/mol. The summed E-state index contributed by atoms with van der Waals surface area (Å²) in [5.41, 5.74) is 7.52. The SMILES string of the molecule is CN(C)CCN(C)S(=O)(=O)c1ccc(-n2ccnc2C2CCCCC2)c(N)c1. The van der Waals surface area contributed by atoms with Crippen molar-refractivity contribution in [3.8, 4) is 5.69 Å². The van der Waals surface area contributed by atoms with Crippen LogP contribution in [0.15, 0.2) is 35.5 Å². The zero-order valence-corrected chi connectivity index (χ0v) is 17.8. The standard InChI is InChI=1S/C20H31N5O2S/c1-23(2)13-14-24(3)28(26,27)17-9-10-19(18(21)15-17)25-12-11-22-20(25)16-7-5-4-6-8-16/h9-12,15-16H,4-8,13-14,21H2,1-3H3. The van der Waals surface area contributed by atoms with Gasteiger partial charge in [0.05, 0.1) is 16.3 Å². The molecule has 8 heteroatoms. The molecule has 0 saturated heterocycles. The molecule has 2 N–H and O–H groups in total. The Kier molecular flexibility index (Phi) is 6.42. The van der Waals surface area contributed by atoms with E-state index in [4.69, 9.17) is 5.73 Å². The van der Waals surface area contributed by atoms with Crippen LogP contribution < -0.4 is 5.73 Å². The highest BCUT2D eigenvalue weighted by Gasteiger charge is 2.24. The fourth-order valence-corrected chi connectivity index (χ4v) is 4.93. The lowest BCUT2D eigenvalue weighted by Gasteiger charge is -2.23. The highest BCUT2D eigenvalue weighted by Crippen LogP contribution is 2.34. The summed E-state index contributed by atoms with van der Waals surface area (Å²) in [4.78, 5) is 6.74. The zero-order valence-electron chi connectivity index (χ0n) is 17.0. The first-order valence-corrected chi connectivity index (χ1v) is 11.3. The van der Waals surface area contributed by atoms with Crippen LogP contribution in [0.25, 0.3) is 5.69 Å². The fraction of sp³-hybridized carbons (Fsp3) is 0.550. The molecule has 0 amide bonds. The Balaban J connectivity index is 1.86. The maximum absolute atomic E-state index is 12.8. The smallest absolute Gasteiger partial charge is 0.242 e. The van der Waals surface area contributed by atoms with Crippen LogP contribution in [0.1, 0.15) is 43.8 Å². The summed E-state index contributed by atoms with van der Waals surface area (Å²) in [6.07, 6.45) is 9.72. The number of imidazole rings is 1. The Morgan fingerprint density at radius 3 is 2.50 bits per heavy atom. The normalized spacial score (nSPS) is 16.2. The number of hydrogen-bond donors (Lipinski definition) is 1. The van der Waals surface area contributed by atoms with E-state index in [0.29, 0.717) is 24.7 Å². The van der Waals surface area contributed by atoms with Crippen molar-refractivity contribution in [1.29, 1.82) is 0 Å². The summed E-state index contributed by atoms with van der Waals surface area (Å²) in [6, 6.07) is 4.98. The van der Waals surface area contributed by atoms with E-state index >= 15 is 0 Å². The van der Waals surface area contributed by atoms with Gasteiger partial charge in [-0.2, -0.15) is 4.31 Å². The molecule has 0 spiro atoms. The lowest BCUT2D eigenvalue weighted by molar-refractivity contribution is 0.358. The number of aromatic nitrogens is 2. The van der Waals surface area contributed by atoms with Gasteiger partial charge in [-0.25, -0.2) is 13.4 Å². The Hall–Kier alpha value is -1.90. The van der Waals surface area contributed by atoms with E-state index in [1.54, 1.807) is 31.4 Å². The lowest BCUT2D eigenvalue weighted by atomic mass is 9.88. The Labute approximate surface area is 168 Å². The summed E-state index contributed by atoms with van der Waals surface area (Å²) in [5, 5.41) is 0. The molecule has 0 unspecified atom stereocenters. The topological polar surface area (TPSA) is 84.5 Å². The third-order valence-corrected chi connectivity index (χ3v) is 7.32. The molecule has 3 rings (SSSR count). The molecular formula is C20H31N5O2S. The number of rotatable bonds is 7. The third-order valence-electron chi connectivity index (χ3n) is 5.47. The van der Waals surface area contributed by atoms with Crippen LogP contribution in [-0.2, 0) is 10.0 Å². The maximum atomic E-state index is 12.8. The van der Waals surface area contributed by atoms with Crippen molar-refractivity contribution in [2.45, 2.75) is 42.9 Å². The first-order valence-electron chi connectivity index (χ1n) is 9.85. The Morgan fingerprint density at radius 2 is 1.86 bits per heavy atom. The number of anilines is 1. The molecule has 2 aromatic rings. The minimum atomic E-state index is -3.57. The molecule has 0 radical (unpaired) electrons. The number of nitrogens with zero attached hydrogens (tertiary/aromatic N) is 4. The van der Waals surface area contributed by atoms with Crippen LogP contribution in [0.4, 0.5) is 5.69 Å². The van der Waals surface area contributed by atoms with Gasteiger partial charge in [-0.15, -0.1) is 0 Å². The minimum Gasteiger partial charge on any atom is -0.397 e. The molecule has 1 aromatic carbocycles. The first-order chi connectivity index (χ1) is 13.3. The largest absolute Gasteiger partial charge is 0.397 e. The summed E-state index contributed by atoms with van der Waals surface area (Å²) in [6.45, 7) is 1.08. The van der Waals surface area contributed by atoms with Crippen molar-refractivity contribution in [3.05, 3.63) is 36.4 Å². The van der Waals surface area contributed by atoms with Crippen molar-refractivity contribution in [2.24, 2.45) is 0 Å². The van der Waals surface area contributed by atoms with E-state index in [1.165, 1.54) is 23.6 Å². The van der Waals surface area contributed by atoms with E-state index in [1.807, 2.05) is 29.8 Å². The van der Waals surface area contributed by atoms with Gasteiger partial charge in [-0.3, -0.25) is 0 Å². The van der Waals surface area contributed by atoms with Crippen LogP contribution in [0.3, 0.4) is 0 Å². The molecule has 0 bridgehead atoms. The number of sulfonamides is 1. The van der Waals surface area contributed by atoms with Crippen molar-refractivity contribution < 1.29 is 8.42 Å². The maximum Gasteiger partial charge on any atom is 0.242 e. The highest BCUT2D eigenvalue weighted by atomic mass is 32.2. The second-order valence-corrected chi connectivity index (χ2v) is 9.89. The second-order valence-electron chi connectivity index (χ2n) is 7.84. The number of nitrogen functional groups attached to an aromatic ring is 1.